The van der Waals surface area contributed by atoms with Crippen LogP contribution in [0.15, 0.2) is 24.3 Å². The molecule has 1 fully saturated rings. The quantitative estimate of drug-likeness (QED) is 0.857. The molecule has 1 N–H and O–H groups in total. The zero-order chi connectivity index (χ0) is 13.9. The van der Waals surface area contributed by atoms with Crippen LogP contribution in [0.2, 0.25) is 5.02 Å². The molecule has 0 saturated heterocycles. The first kappa shape index (κ1) is 13.6. The summed E-state index contributed by atoms with van der Waals surface area (Å²) in [5.41, 5.74) is 0. The van der Waals surface area contributed by atoms with Crippen LogP contribution in [-0.2, 0) is 6.61 Å². The normalized spacial score (nSPS) is 15.7. The number of hydrogen-bond acceptors (Lipinski definition) is 3. The summed E-state index contributed by atoms with van der Waals surface area (Å²) >= 11 is 11.4. The average Bonchev–Trinajstić information content (AvgIpc) is 3.07. The molecule has 0 bridgehead atoms. The first-order valence-electron chi connectivity index (χ1n) is 6.79. The van der Waals surface area contributed by atoms with Crippen LogP contribution in [0, 0.1) is 4.77 Å². The molecule has 1 aliphatic carbocycles. The topological polar surface area (TPSA) is 42.8 Å². The zero-order valence-corrected chi connectivity index (χ0v) is 12.6. The van der Waals surface area contributed by atoms with Crippen LogP contribution in [0.25, 0.3) is 0 Å². The molecule has 1 aromatic carbocycles. The van der Waals surface area contributed by atoms with E-state index in [9.17, 15) is 0 Å². The Morgan fingerprint density at radius 1 is 1.35 bits per heavy atom. The zero-order valence-electron chi connectivity index (χ0n) is 11.0. The van der Waals surface area contributed by atoms with Gasteiger partial charge in [0.25, 0.3) is 0 Å². The molecule has 20 heavy (non-hydrogen) atoms. The molecule has 0 amide bonds. The van der Waals surface area contributed by atoms with Gasteiger partial charge in [-0.15, -0.1) is 0 Å². The summed E-state index contributed by atoms with van der Waals surface area (Å²) in [5, 5.41) is 7.76. The number of H-pyrrole nitrogens is 1. The van der Waals surface area contributed by atoms with Crippen molar-refractivity contribution in [2.45, 2.75) is 38.3 Å². The van der Waals surface area contributed by atoms with Crippen molar-refractivity contribution in [1.82, 2.24) is 14.8 Å². The Hall–Kier alpha value is -1.33. The van der Waals surface area contributed by atoms with Gasteiger partial charge in [0.1, 0.15) is 12.4 Å². The summed E-state index contributed by atoms with van der Waals surface area (Å²) in [5.74, 6) is 1.50. The Balaban J connectivity index is 1.78. The van der Waals surface area contributed by atoms with E-state index in [1.54, 1.807) is 0 Å². The maximum atomic E-state index is 6.08. The largest absolute Gasteiger partial charge is 0.484 e. The van der Waals surface area contributed by atoms with Crippen LogP contribution in [0.5, 0.6) is 5.75 Å². The second-order valence-electron chi connectivity index (χ2n) is 4.97. The Kier molecular flexibility index (Phi) is 4.08. The molecule has 0 atom stereocenters. The Morgan fingerprint density at radius 2 is 2.10 bits per heavy atom. The minimum Gasteiger partial charge on any atom is -0.484 e. The van der Waals surface area contributed by atoms with Crippen LogP contribution in [0.4, 0.5) is 0 Å². The van der Waals surface area contributed by atoms with E-state index in [1.807, 2.05) is 24.3 Å². The van der Waals surface area contributed by atoms with Gasteiger partial charge in [0.2, 0.25) is 0 Å². The summed E-state index contributed by atoms with van der Waals surface area (Å²) in [4.78, 5) is 0. The number of hydrogen-bond donors (Lipinski definition) is 1. The van der Waals surface area contributed by atoms with Crippen molar-refractivity contribution in [2.24, 2.45) is 0 Å². The van der Waals surface area contributed by atoms with E-state index in [4.69, 9.17) is 28.6 Å². The number of rotatable bonds is 4. The van der Waals surface area contributed by atoms with Crippen molar-refractivity contribution in [3.63, 3.8) is 0 Å². The van der Waals surface area contributed by atoms with Crippen LogP contribution in [-0.4, -0.2) is 14.8 Å². The number of nitrogens with one attached hydrogen (secondary N) is 1. The number of halogens is 1. The minimum atomic E-state index is 0.368. The summed E-state index contributed by atoms with van der Waals surface area (Å²) in [7, 11) is 0. The van der Waals surface area contributed by atoms with E-state index in [-0.39, 0.29) is 0 Å². The minimum absolute atomic E-state index is 0.368. The fourth-order valence-electron chi connectivity index (χ4n) is 2.68. The van der Waals surface area contributed by atoms with Crippen molar-refractivity contribution in [2.75, 3.05) is 0 Å². The molecular formula is C14H16ClN3OS. The van der Waals surface area contributed by atoms with Gasteiger partial charge in [-0.05, 0) is 37.2 Å². The van der Waals surface area contributed by atoms with E-state index in [0.717, 1.165) is 18.7 Å². The molecule has 2 aromatic rings. The lowest BCUT2D eigenvalue weighted by Crippen LogP contribution is -2.11. The molecule has 4 nitrogen and oxygen atoms in total. The van der Waals surface area contributed by atoms with E-state index in [0.29, 0.717) is 28.2 Å². The van der Waals surface area contributed by atoms with E-state index >= 15 is 0 Å². The average molecular weight is 310 g/mol. The third-order valence-corrected chi connectivity index (χ3v) is 4.26. The van der Waals surface area contributed by atoms with Crippen LogP contribution in [0.1, 0.15) is 37.5 Å². The molecule has 0 unspecified atom stereocenters. The molecule has 1 aliphatic rings. The van der Waals surface area contributed by atoms with Gasteiger partial charge < -0.3 is 4.74 Å². The fraction of sp³-hybridized carbons (Fsp3) is 0.429. The maximum absolute atomic E-state index is 6.08. The van der Waals surface area contributed by atoms with Gasteiger partial charge in [-0.2, -0.15) is 5.10 Å². The lowest BCUT2D eigenvalue weighted by atomic mass is 10.2. The standard InChI is InChI=1S/C14H16ClN3OS/c15-11-7-3-4-8-12(11)19-9-13-16-17-14(20)18(13)10-5-1-2-6-10/h3-4,7-8,10H,1-2,5-6,9H2,(H,17,20). The van der Waals surface area contributed by atoms with Gasteiger partial charge in [0, 0.05) is 6.04 Å². The highest BCUT2D eigenvalue weighted by molar-refractivity contribution is 7.71. The van der Waals surface area contributed by atoms with Crippen molar-refractivity contribution in [3.05, 3.63) is 39.9 Å². The predicted molar refractivity (Wildman–Crippen MR) is 80.7 cm³/mol. The smallest absolute Gasteiger partial charge is 0.195 e. The predicted octanol–water partition coefficient (Wildman–Crippen LogP) is 4.29. The van der Waals surface area contributed by atoms with Gasteiger partial charge in [-0.25, -0.2) is 0 Å². The van der Waals surface area contributed by atoms with Crippen LogP contribution >= 0.6 is 23.8 Å². The third-order valence-electron chi connectivity index (χ3n) is 3.66. The van der Waals surface area contributed by atoms with Crippen LogP contribution in [0.3, 0.4) is 0 Å². The molecule has 6 heteroatoms. The lowest BCUT2D eigenvalue weighted by Gasteiger charge is -2.14. The summed E-state index contributed by atoms with van der Waals surface area (Å²) in [6.07, 6.45) is 4.82. The summed E-state index contributed by atoms with van der Waals surface area (Å²) in [6, 6.07) is 7.89. The summed E-state index contributed by atoms with van der Waals surface area (Å²) in [6.45, 7) is 0.368. The van der Waals surface area contributed by atoms with Crippen molar-refractivity contribution in [1.29, 1.82) is 0 Å². The number of aromatic nitrogens is 3. The molecule has 106 valence electrons. The highest BCUT2D eigenvalue weighted by Gasteiger charge is 2.21. The number of ether oxygens (including phenoxy) is 1. The molecule has 1 aromatic heterocycles. The second kappa shape index (κ2) is 5.97. The molecular weight excluding hydrogens is 294 g/mol. The van der Waals surface area contributed by atoms with Gasteiger partial charge in [-0.1, -0.05) is 36.6 Å². The molecule has 0 aliphatic heterocycles. The Labute approximate surface area is 127 Å². The molecule has 0 radical (unpaired) electrons. The van der Waals surface area contributed by atoms with E-state index in [2.05, 4.69) is 14.8 Å². The maximum Gasteiger partial charge on any atom is 0.195 e. The van der Waals surface area contributed by atoms with Crippen molar-refractivity contribution >= 4 is 23.8 Å². The SMILES string of the molecule is S=c1[nH]nc(COc2ccccc2Cl)n1C1CCCC1. The van der Waals surface area contributed by atoms with Gasteiger partial charge in [-0.3, -0.25) is 9.67 Å². The Bertz CT molecular complexity index is 646. The van der Waals surface area contributed by atoms with Gasteiger partial charge in [0.15, 0.2) is 10.6 Å². The number of para-hydroxylation sites is 1. The number of benzene rings is 1. The first-order valence-corrected chi connectivity index (χ1v) is 7.57. The highest BCUT2D eigenvalue weighted by atomic mass is 35.5. The molecule has 0 spiro atoms. The monoisotopic (exact) mass is 309 g/mol. The number of nitrogens with zero attached hydrogens (tertiary/aromatic N) is 2. The Morgan fingerprint density at radius 3 is 2.85 bits per heavy atom. The van der Waals surface area contributed by atoms with Crippen molar-refractivity contribution in [3.8, 4) is 5.75 Å². The van der Waals surface area contributed by atoms with Crippen molar-refractivity contribution < 1.29 is 4.74 Å². The fourth-order valence-corrected chi connectivity index (χ4v) is 3.17. The van der Waals surface area contributed by atoms with Gasteiger partial charge in [0.05, 0.1) is 5.02 Å². The first-order chi connectivity index (χ1) is 9.75. The number of aromatic amines is 1. The molecule has 1 saturated carbocycles. The third kappa shape index (κ3) is 2.74. The molecule has 3 rings (SSSR count). The van der Waals surface area contributed by atoms with E-state index < -0.39 is 0 Å². The summed E-state index contributed by atoms with van der Waals surface area (Å²) < 4.78 is 8.53. The van der Waals surface area contributed by atoms with Crippen LogP contribution < -0.4 is 4.74 Å². The molecule has 1 heterocycles. The lowest BCUT2D eigenvalue weighted by molar-refractivity contribution is 0.283. The highest BCUT2D eigenvalue weighted by Crippen LogP contribution is 2.31. The second-order valence-corrected chi connectivity index (χ2v) is 5.77. The van der Waals surface area contributed by atoms with Gasteiger partial charge >= 0.3 is 0 Å². The van der Waals surface area contributed by atoms with E-state index in [1.165, 1.54) is 12.8 Å².